The Morgan fingerprint density at radius 3 is 2.90 bits per heavy atom. The number of aryl methyl sites for hydroxylation is 1. The maximum Gasteiger partial charge on any atom is 0.270 e. The number of likely N-dealkylation sites (tertiary alicyclic amines) is 1. The Bertz CT molecular complexity index is 530. The van der Waals surface area contributed by atoms with Gasteiger partial charge in [-0.15, -0.1) is 0 Å². The van der Waals surface area contributed by atoms with E-state index >= 15 is 0 Å². The van der Waals surface area contributed by atoms with Gasteiger partial charge in [0.25, 0.3) is 11.6 Å². The minimum absolute atomic E-state index is 0.0370. The molecule has 6 heteroatoms. The number of hydrogen-bond acceptors (Lipinski definition) is 4. The van der Waals surface area contributed by atoms with Crippen molar-refractivity contribution in [3.63, 3.8) is 0 Å². The van der Waals surface area contributed by atoms with Crippen LogP contribution in [-0.2, 0) is 0 Å². The summed E-state index contributed by atoms with van der Waals surface area (Å²) in [4.78, 5) is 24.7. The molecule has 1 aromatic rings. The summed E-state index contributed by atoms with van der Waals surface area (Å²) in [5.74, 6) is -0.152. The van der Waals surface area contributed by atoms with E-state index in [0.29, 0.717) is 18.7 Å². The fourth-order valence-corrected chi connectivity index (χ4v) is 2.62. The number of carbonyl (C=O) groups is 1. The van der Waals surface area contributed by atoms with E-state index in [2.05, 4.69) is 0 Å². The number of rotatable bonds is 3. The Morgan fingerprint density at radius 1 is 1.50 bits per heavy atom. The van der Waals surface area contributed by atoms with Crippen LogP contribution in [0.3, 0.4) is 0 Å². The van der Waals surface area contributed by atoms with Gasteiger partial charge in [0, 0.05) is 36.8 Å². The van der Waals surface area contributed by atoms with Crippen molar-refractivity contribution in [3.05, 3.63) is 39.4 Å². The number of benzene rings is 1. The molecule has 1 amide bonds. The second-order valence-electron chi connectivity index (χ2n) is 5.14. The van der Waals surface area contributed by atoms with E-state index < -0.39 is 4.92 Å². The molecule has 1 heterocycles. The molecular weight excluding hydrogens is 258 g/mol. The smallest absolute Gasteiger partial charge is 0.270 e. The van der Waals surface area contributed by atoms with Crippen molar-refractivity contribution in [2.75, 3.05) is 13.1 Å². The van der Waals surface area contributed by atoms with Crippen molar-refractivity contribution in [1.29, 1.82) is 0 Å². The van der Waals surface area contributed by atoms with Gasteiger partial charge in [0.05, 0.1) is 4.92 Å². The normalized spacial score (nSPS) is 18.9. The molecule has 0 spiro atoms. The number of nitro benzene ring substituents is 1. The molecule has 1 unspecified atom stereocenters. The average Bonchev–Trinajstić information content (AvgIpc) is 2.46. The number of nitrogens with two attached hydrogens (primary N) is 1. The first kappa shape index (κ1) is 14.5. The summed E-state index contributed by atoms with van der Waals surface area (Å²) >= 11 is 0. The molecule has 6 nitrogen and oxygen atoms in total. The van der Waals surface area contributed by atoms with Crippen molar-refractivity contribution >= 4 is 11.6 Å². The minimum atomic E-state index is -0.479. The van der Waals surface area contributed by atoms with Gasteiger partial charge < -0.3 is 10.6 Å². The quantitative estimate of drug-likeness (QED) is 0.674. The third kappa shape index (κ3) is 2.80. The third-order valence-corrected chi connectivity index (χ3v) is 3.82. The molecule has 2 rings (SSSR count). The fourth-order valence-electron chi connectivity index (χ4n) is 2.62. The first-order valence-corrected chi connectivity index (χ1v) is 6.80. The van der Waals surface area contributed by atoms with Crippen LogP contribution in [0.5, 0.6) is 0 Å². The van der Waals surface area contributed by atoms with Crippen LogP contribution < -0.4 is 5.73 Å². The fraction of sp³-hybridized carbons (Fsp3) is 0.500. The molecule has 1 saturated heterocycles. The number of non-ortho nitro benzene ring substituents is 1. The molecule has 1 aliphatic rings. The summed E-state index contributed by atoms with van der Waals surface area (Å²) in [5.41, 5.74) is 6.82. The highest BCUT2D eigenvalue weighted by Gasteiger charge is 2.28. The van der Waals surface area contributed by atoms with Crippen LogP contribution >= 0.6 is 0 Å². The van der Waals surface area contributed by atoms with E-state index in [1.807, 2.05) is 0 Å². The van der Waals surface area contributed by atoms with Gasteiger partial charge in [0.2, 0.25) is 0 Å². The van der Waals surface area contributed by atoms with Gasteiger partial charge in [0.15, 0.2) is 0 Å². The van der Waals surface area contributed by atoms with Gasteiger partial charge in [-0.2, -0.15) is 0 Å². The lowest BCUT2D eigenvalue weighted by molar-refractivity contribution is -0.384. The van der Waals surface area contributed by atoms with Crippen LogP contribution in [0.2, 0.25) is 0 Å². The summed E-state index contributed by atoms with van der Waals surface area (Å²) in [6.45, 7) is 2.89. The van der Waals surface area contributed by atoms with Gasteiger partial charge in [-0.1, -0.05) is 6.07 Å². The summed E-state index contributed by atoms with van der Waals surface area (Å²) in [6.07, 6.45) is 2.92. The molecule has 0 aromatic heterocycles. The number of nitro groups is 1. The lowest BCUT2D eigenvalue weighted by Gasteiger charge is -2.35. The predicted molar refractivity (Wildman–Crippen MR) is 75.6 cm³/mol. The maximum absolute atomic E-state index is 12.6. The molecule has 0 aliphatic carbocycles. The highest BCUT2D eigenvalue weighted by Crippen LogP contribution is 2.23. The largest absolute Gasteiger partial charge is 0.334 e. The van der Waals surface area contributed by atoms with E-state index in [-0.39, 0.29) is 17.6 Å². The number of hydrogen-bond donors (Lipinski definition) is 1. The number of piperidine rings is 1. The summed E-state index contributed by atoms with van der Waals surface area (Å²) in [6, 6.07) is 4.44. The van der Waals surface area contributed by atoms with Crippen molar-refractivity contribution in [2.24, 2.45) is 5.73 Å². The minimum Gasteiger partial charge on any atom is -0.334 e. The highest BCUT2D eigenvalue weighted by molar-refractivity contribution is 5.96. The third-order valence-electron chi connectivity index (χ3n) is 3.82. The Balaban J connectivity index is 2.32. The zero-order chi connectivity index (χ0) is 14.7. The van der Waals surface area contributed by atoms with Crippen LogP contribution in [0.15, 0.2) is 18.2 Å². The highest BCUT2D eigenvalue weighted by atomic mass is 16.6. The first-order valence-electron chi connectivity index (χ1n) is 6.80. The SMILES string of the molecule is Cc1ccc([N+](=O)[O-])cc1C(=O)N1CCCCC1CN. The number of carbonyl (C=O) groups excluding carboxylic acids is 1. The first-order chi connectivity index (χ1) is 9.54. The van der Waals surface area contributed by atoms with E-state index in [0.717, 1.165) is 24.8 Å². The predicted octanol–water partition coefficient (Wildman–Crippen LogP) is 1.86. The van der Waals surface area contributed by atoms with Crippen LogP contribution in [0.1, 0.15) is 35.2 Å². The van der Waals surface area contributed by atoms with Crippen LogP contribution in [0.25, 0.3) is 0 Å². The van der Waals surface area contributed by atoms with Crippen molar-refractivity contribution in [3.8, 4) is 0 Å². The van der Waals surface area contributed by atoms with E-state index in [4.69, 9.17) is 5.73 Å². The standard InChI is InChI=1S/C14H19N3O3/c1-10-5-6-11(17(19)20)8-13(10)14(18)16-7-3-2-4-12(16)9-15/h5-6,8,12H,2-4,7,9,15H2,1H3. The molecule has 1 atom stereocenters. The molecule has 0 radical (unpaired) electrons. The topological polar surface area (TPSA) is 89.5 Å². The average molecular weight is 277 g/mol. The molecule has 2 N–H and O–H groups in total. The Hall–Kier alpha value is -1.95. The molecule has 0 bridgehead atoms. The van der Waals surface area contributed by atoms with Crippen LogP contribution in [0, 0.1) is 17.0 Å². The van der Waals surface area contributed by atoms with E-state index in [1.165, 1.54) is 12.1 Å². The lowest BCUT2D eigenvalue weighted by atomic mass is 9.99. The van der Waals surface area contributed by atoms with Crippen molar-refractivity contribution < 1.29 is 9.72 Å². The van der Waals surface area contributed by atoms with Gasteiger partial charge in [0.1, 0.15) is 0 Å². The van der Waals surface area contributed by atoms with Crippen LogP contribution in [-0.4, -0.2) is 34.9 Å². The zero-order valence-corrected chi connectivity index (χ0v) is 11.5. The lowest BCUT2D eigenvalue weighted by Crippen LogP contribution is -2.47. The van der Waals surface area contributed by atoms with Gasteiger partial charge in [-0.3, -0.25) is 14.9 Å². The summed E-state index contributed by atoms with van der Waals surface area (Å²) in [5, 5.41) is 10.8. The van der Waals surface area contributed by atoms with Gasteiger partial charge in [-0.25, -0.2) is 0 Å². The van der Waals surface area contributed by atoms with E-state index in [1.54, 1.807) is 17.9 Å². The maximum atomic E-state index is 12.6. The molecule has 1 fully saturated rings. The number of amides is 1. The second kappa shape index (κ2) is 6.00. The van der Waals surface area contributed by atoms with Gasteiger partial charge >= 0.3 is 0 Å². The number of nitrogens with zero attached hydrogens (tertiary/aromatic N) is 2. The summed E-state index contributed by atoms with van der Waals surface area (Å²) in [7, 11) is 0. The summed E-state index contributed by atoms with van der Waals surface area (Å²) < 4.78 is 0. The van der Waals surface area contributed by atoms with Crippen molar-refractivity contribution in [2.45, 2.75) is 32.2 Å². The second-order valence-corrected chi connectivity index (χ2v) is 5.14. The monoisotopic (exact) mass is 277 g/mol. The molecular formula is C14H19N3O3. The molecule has 20 heavy (non-hydrogen) atoms. The molecule has 0 saturated carbocycles. The van der Waals surface area contributed by atoms with Crippen molar-refractivity contribution in [1.82, 2.24) is 4.90 Å². The molecule has 1 aromatic carbocycles. The molecule has 1 aliphatic heterocycles. The molecule has 108 valence electrons. The van der Waals surface area contributed by atoms with Crippen LogP contribution in [0.4, 0.5) is 5.69 Å². The van der Waals surface area contributed by atoms with E-state index in [9.17, 15) is 14.9 Å². The Morgan fingerprint density at radius 2 is 2.25 bits per heavy atom. The van der Waals surface area contributed by atoms with Gasteiger partial charge in [-0.05, 0) is 31.7 Å². The Labute approximate surface area is 117 Å². The zero-order valence-electron chi connectivity index (χ0n) is 11.5. The Kier molecular flexibility index (Phi) is 4.34.